The van der Waals surface area contributed by atoms with Gasteiger partial charge in [-0.3, -0.25) is 9.59 Å². The minimum Gasteiger partial charge on any atom is -0.347 e. The number of carbonyl (C=O) groups excluding carboxylic acids is 2. The van der Waals surface area contributed by atoms with Crippen molar-refractivity contribution >= 4 is 11.8 Å². The van der Waals surface area contributed by atoms with Gasteiger partial charge in [0.1, 0.15) is 0 Å². The van der Waals surface area contributed by atoms with Crippen molar-refractivity contribution in [3.63, 3.8) is 0 Å². The second-order valence-corrected chi connectivity index (χ2v) is 5.98. The van der Waals surface area contributed by atoms with Crippen molar-refractivity contribution in [3.8, 4) is 0 Å². The maximum atomic E-state index is 12.2. The van der Waals surface area contributed by atoms with Crippen LogP contribution in [0.1, 0.15) is 40.5 Å². The van der Waals surface area contributed by atoms with Crippen molar-refractivity contribution in [2.24, 2.45) is 23.5 Å². The highest BCUT2D eigenvalue weighted by atomic mass is 16.2. The Morgan fingerprint density at radius 1 is 1.15 bits per heavy atom. The predicted molar refractivity (Wildman–Crippen MR) is 80.0 cm³/mol. The smallest absolute Gasteiger partial charge is 0.241 e. The number of carbonyl (C=O) groups is 2. The topological polar surface area (TPSA) is 75.4 Å². The molecule has 1 saturated carbocycles. The summed E-state index contributed by atoms with van der Waals surface area (Å²) in [7, 11) is 0. The van der Waals surface area contributed by atoms with Crippen LogP contribution in [0, 0.1) is 17.8 Å². The van der Waals surface area contributed by atoms with E-state index in [1.807, 2.05) is 13.8 Å². The Morgan fingerprint density at radius 3 is 2.30 bits per heavy atom. The molecule has 1 aliphatic rings. The van der Waals surface area contributed by atoms with E-state index < -0.39 is 0 Å². The van der Waals surface area contributed by atoms with Crippen molar-refractivity contribution in [2.75, 3.05) is 19.6 Å². The van der Waals surface area contributed by atoms with Gasteiger partial charge in [-0.25, -0.2) is 0 Å². The first kappa shape index (κ1) is 17.0. The summed E-state index contributed by atoms with van der Waals surface area (Å²) >= 11 is 0. The van der Waals surface area contributed by atoms with Crippen LogP contribution in [0.2, 0.25) is 0 Å². The lowest BCUT2D eigenvalue weighted by molar-refractivity contribution is -0.134. The van der Waals surface area contributed by atoms with Gasteiger partial charge in [-0.2, -0.15) is 0 Å². The third-order valence-corrected chi connectivity index (χ3v) is 4.55. The molecule has 0 aromatic heterocycles. The predicted octanol–water partition coefficient (Wildman–Crippen LogP) is 0.981. The molecule has 1 fully saturated rings. The van der Waals surface area contributed by atoms with Gasteiger partial charge in [0, 0.05) is 25.0 Å². The number of likely N-dealkylation sites (N-methyl/N-ethyl adjacent to an activating group) is 1. The Labute approximate surface area is 122 Å². The van der Waals surface area contributed by atoms with E-state index in [1.54, 1.807) is 4.90 Å². The molecule has 1 rings (SSSR count). The molecule has 5 nitrogen and oxygen atoms in total. The summed E-state index contributed by atoms with van der Waals surface area (Å²) in [5, 5.41) is 2.78. The zero-order chi connectivity index (χ0) is 15.3. The number of hydrogen-bond donors (Lipinski definition) is 2. The van der Waals surface area contributed by atoms with E-state index in [0.717, 1.165) is 6.42 Å². The maximum absolute atomic E-state index is 12.2. The second kappa shape index (κ2) is 7.62. The van der Waals surface area contributed by atoms with Crippen molar-refractivity contribution in [1.82, 2.24) is 10.2 Å². The van der Waals surface area contributed by atoms with Gasteiger partial charge in [0.05, 0.1) is 6.54 Å². The SMILES string of the molecule is CCN(CC)C(=O)CNC(=O)C1CC(N)C(C)CC1C. The minimum atomic E-state index is -0.0642. The van der Waals surface area contributed by atoms with Crippen LogP contribution in [0.25, 0.3) is 0 Å². The molecule has 0 aromatic carbocycles. The van der Waals surface area contributed by atoms with Gasteiger partial charge in [0.25, 0.3) is 0 Å². The Kier molecular flexibility index (Phi) is 6.46. The van der Waals surface area contributed by atoms with Crippen LogP contribution in [0.5, 0.6) is 0 Å². The molecule has 0 saturated heterocycles. The number of amides is 2. The van der Waals surface area contributed by atoms with Gasteiger partial charge >= 0.3 is 0 Å². The van der Waals surface area contributed by atoms with E-state index in [4.69, 9.17) is 5.73 Å². The lowest BCUT2D eigenvalue weighted by atomic mass is 9.72. The summed E-state index contributed by atoms with van der Waals surface area (Å²) < 4.78 is 0. The molecule has 4 atom stereocenters. The first-order valence-electron chi connectivity index (χ1n) is 7.71. The molecule has 0 radical (unpaired) electrons. The lowest BCUT2D eigenvalue weighted by Gasteiger charge is -2.36. The Balaban J connectivity index is 2.48. The zero-order valence-corrected chi connectivity index (χ0v) is 13.2. The molecule has 20 heavy (non-hydrogen) atoms. The highest BCUT2D eigenvalue weighted by Crippen LogP contribution is 2.32. The summed E-state index contributed by atoms with van der Waals surface area (Å²) in [5.41, 5.74) is 6.06. The molecular formula is C15H29N3O2. The molecule has 116 valence electrons. The summed E-state index contributed by atoms with van der Waals surface area (Å²) in [5.74, 6) is 0.676. The average Bonchev–Trinajstić information content (AvgIpc) is 2.41. The number of hydrogen-bond acceptors (Lipinski definition) is 3. The largest absolute Gasteiger partial charge is 0.347 e. The van der Waals surface area contributed by atoms with Gasteiger partial charge in [0.15, 0.2) is 0 Å². The second-order valence-electron chi connectivity index (χ2n) is 5.98. The van der Waals surface area contributed by atoms with Crippen LogP contribution < -0.4 is 11.1 Å². The van der Waals surface area contributed by atoms with E-state index in [2.05, 4.69) is 19.2 Å². The third-order valence-electron chi connectivity index (χ3n) is 4.55. The first-order valence-corrected chi connectivity index (χ1v) is 7.71. The standard InChI is InChI=1S/C15H29N3O2/c1-5-18(6-2)14(19)9-17-15(20)12-8-13(16)11(4)7-10(12)3/h10-13H,5-9,16H2,1-4H3,(H,17,20). The van der Waals surface area contributed by atoms with Gasteiger partial charge < -0.3 is 16.0 Å². The van der Waals surface area contributed by atoms with Crippen LogP contribution in [-0.4, -0.2) is 42.4 Å². The van der Waals surface area contributed by atoms with Crippen molar-refractivity contribution in [1.29, 1.82) is 0 Å². The van der Waals surface area contributed by atoms with E-state index in [-0.39, 0.29) is 30.3 Å². The van der Waals surface area contributed by atoms with Crippen LogP contribution in [0.15, 0.2) is 0 Å². The fraction of sp³-hybridized carbons (Fsp3) is 0.867. The molecule has 5 heteroatoms. The number of rotatable bonds is 5. The molecule has 0 aliphatic heterocycles. The van der Waals surface area contributed by atoms with Gasteiger partial charge in [-0.15, -0.1) is 0 Å². The Hall–Kier alpha value is -1.10. The van der Waals surface area contributed by atoms with Crippen LogP contribution in [0.3, 0.4) is 0 Å². The molecule has 0 heterocycles. The fourth-order valence-corrected chi connectivity index (χ4v) is 3.03. The molecule has 0 spiro atoms. The monoisotopic (exact) mass is 283 g/mol. The van der Waals surface area contributed by atoms with E-state index in [1.165, 1.54) is 0 Å². The Bertz CT molecular complexity index is 342. The molecular weight excluding hydrogens is 254 g/mol. The molecule has 0 aromatic rings. The molecule has 2 amide bonds. The van der Waals surface area contributed by atoms with E-state index in [9.17, 15) is 9.59 Å². The molecule has 4 unspecified atom stereocenters. The number of nitrogens with two attached hydrogens (primary N) is 1. The summed E-state index contributed by atoms with van der Waals surface area (Å²) in [6.07, 6.45) is 1.69. The van der Waals surface area contributed by atoms with Crippen LogP contribution in [-0.2, 0) is 9.59 Å². The Morgan fingerprint density at radius 2 is 1.75 bits per heavy atom. The van der Waals surface area contributed by atoms with E-state index in [0.29, 0.717) is 31.3 Å². The molecule has 3 N–H and O–H groups in total. The van der Waals surface area contributed by atoms with Crippen LogP contribution in [0.4, 0.5) is 0 Å². The quantitative estimate of drug-likeness (QED) is 0.790. The van der Waals surface area contributed by atoms with Gasteiger partial charge in [0.2, 0.25) is 11.8 Å². The number of nitrogens with one attached hydrogen (secondary N) is 1. The first-order chi connectivity index (χ1) is 9.40. The highest BCUT2D eigenvalue weighted by Gasteiger charge is 2.35. The highest BCUT2D eigenvalue weighted by molar-refractivity contribution is 5.86. The van der Waals surface area contributed by atoms with Crippen molar-refractivity contribution in [2.45, 2.75) is 46.6 Å². The molecule has 0 bridgehead atoms. The summed E-state index contributed by atoms with van der Waals surface area (Å²) in [6.45, 7) is 9.55. The van der Waals surface area contributed by atoms with Gasteiger partial charge in [-0.05, 0) is 38.5 Å². The average molecular weight is 283 g/mol. The zero-order valence-electron chi connectivity index (χ0n) is 13.2. The summed E-state index contributed by atoms with van der Waals surface area (Å²) in [4.78, 5) is 25.8. The van der Waals surface area contributed by atoms with Gasteiger partial charge in [-0.1, -0.05) is 13.8 Å². The van der Waals surface area contributed by atoms with Crippen LogP contribution >= 0.6 is 0 Å². The fourth-order valence-electron chi connectivity index (χ4n) is 3.03. The summed E-state index contributed by atoms with van der Waals surface area (Å²) in [6, 6.07) is 0.0837. The maximum Gasteiger partial charge on any atom is 0.241 e. The minimum absolute atomic E-state index is 0.0236. The third kappa shape index (κ3) is 4.20. The lowest BCUT2D eigenvalue weighted by Crippen LogP contribution is -2.47. The normalized spacial score (nSPS) is 29.9. The van der Waals surface area contributed by atoms with Crippen molar-refractivity contribution in [3.05, 3.63) is 0 Å². The molecule has 1 aliphatic carbocycles. The van der Waals surface area contributed by atoms with Crippen molar-refractivity contribution < 1.29 is 9.59 Å². The number of nitrogens with zero attached hydrogens (tertiary/aromatic N) is 1. The van der Waals surface area contributed by atoms with E-state index >= 15 is 0 Å².